The molecule has 1 aliphatic heterocycles. The molecule has 0 radical (unpaired) electrons. The molecular weight excluding hydrogens is 683 g/mol. The predicted molar refractivity (Wildman–Crippen MR) is 207 cm³/mol. The number of likely N-dealkylation sites (N-methyl/N-ethyl adjacent to an activating group) is 1. The molecule has 14 nitrogen and oxygen atoms in total. The topological polar surface area (TPSA) is 210 Å². The molecule has 0 aliphatic carbocycles. The Morgan fingerprint density at radius 3 is 2.08 bits per heavy atom. The van der Waals surface area contributed by atoms with Crippen LogP contribution in [0.25, 0.3) is 10.2 Å². The number of carbonyl (C=O) groups excluding carboxylic acids is 3. The Morgan fingerprint density at radius 2 is 1.54 bits per heavy atom. The number of fused-ring (bicyclic) bond motifs is 1. The van der Waals surface area contributed by atoms with Crippen LogP contribution in [0.1, 0.15) is 75.7 Å². The van der Waals surface area contributed by atoms with Crippen molar-refractivity contribution in [3.05, 3.63) is 64.4 Å². The molecule has 280 valence electrons. The summed E-state index contributed by atoms with van der Waals surface area (Å²) in [5, 5.41) is 14.4. The molecule has 0 bridgehead atoms. The number of benzene rings is 1. The summed E-state index contributed by atoms with van der Waals surface area (Å²) >= 11 is 1.72. The predicted octanol–water partition coefficient (Wildman–Crippen LogP) is 5.15. The number of aromatic nitrogens is 3. The number of aryl methyl sites for hydroxylation is 2. The highest BCUT2D eigenvalue weighted by Crippen LogP contribution is 2.36. The number of nitrogen functional groups attached to an aromatic ring is 2. The number of nitrogens with one attached hydrogen (secondary N) is 2. The van der Waals surface area contributed by atoms with Gasteiger partial charge in [-0.05, 0) is 93.6 Å². The van der Waals surface area contributed by atoms with Crippen LogP contribution in [0.3, 0.4) is 0 Å². The van der Waals surface area contributed by atoms with Gasteiger partial charge in [0.05, 0.1) is 45.0 Å². The van der Waals surface area contributed by atoms with E-state index in [0.29, 0.717) is 54.4 Å². The van der Waals surface area contributed by atoms with E-state index in [1.54, 1.807) is 28.4 Å². The number of carboxylic acids is 1. The van der Waals surface area contributed by atoms with Gasteiger partial charge in [0.25, 0.3) is 0 Å². The van der Waals surface area contributed by atoms with Gasteiger partial charge in [-0.1, -0.05) is 34.3 Å². The van der Waals surface area contributed by atoms with Crippen LogP contribution in [0.5, 0.6) is 0 Å². The fraction of sp³-hybridized carbons (Fsp3) is 0.432. The van der Waals surface area contributed by atoms with Gasteiger partial charge < -0.3 is 37.0 Å². The van der Waals surface area contributed by atoms with Gasteiger partial charge in [-0.3, -0.25) is 14.4 Å². The van der Waals surface area contributed by atoms with Crippen LogP contribution in [0.2, 0.25) is 0 Å². The van der Waals surface area contributed by atoms with Crippen LogP contribution in [-0.2, 0) is 38.4 Å². The highest BCUT2D eigenvalue weighted by atomic mass is 32.1. The van der Waals surface area contributed by atoms with Gasteiger partial charge in [-0.15, -0.1) is 11.3 Å². The lowest BCUT2D eigenvalue weighted by Crippen LogP contribution is -2.46. The Labute approximate surface area is 309 Å². The van der Waals surface area contributed by atoms with Crippen molar-refractivity contribution in [2.75, 3.05) is 42.7 Å². The number of likely N-dealkylation sites (tertiary alicyclic amines) is 1. The summed E-state index contributed by atoms with van der Waals surface area (Å²) in [6, 6.07) is 9.88. The first-order valence-corrected chi connectivity index (χ1v) is 17.7. The van der Waals surface area contributed by atoms with Crippen LogP contribution in [0.15, 0.2) is 42.7 Å². The third kappa shape index (κ3) is 10.4. The van der Waals surface area contributed by atoms with Crippen molar-refractivity contribution in [3.63, 3.8) is 0 Å². The minimum Gasteiger partial charge on any atom is -0.474 e. The molecule has 3 aromatic heterocycles. The maximum absolute atomic E-state index is 13.4. The molecule has 0 saturated carbocycles. The molecule has 15 heteroatoms. The first-order valence-electron chi connectivity index (χ1n) is 16.9. The van der Waals surface area contributed by atoms with Gasteiger partial charge >= 0.3 is 23.7 Å². The van der Waals surface area contributed by atoms with Gasteiger partial charge in [0.2, 0.25) is 0 Å². The number of hydrogen-bond acceptors (Lipinski definition) is 11. The average Bonchev–Trinajstić information content (AvgIpc) is 3.51. The quantitative estimate of drug-likeness (QED) is 0.150. The van der Waals surface area contributed by atoms with Crippen molar-refractivity contribution >= 4 is 68.3 Å². The zero-order valence-electron chi connectivity index (χ0n) is 29.9. The second kappa shape index (κ2) is 18.4. The third-order valence-corrected chi connectivity index (χ3v) is 10.00. The number of thiazole rings is 1. The molecule has 1 fully saturated rings. The first kappa shape index (κ1) is 41.3. The molecule has 52 heavy (non-hydrogen) atoms. The molecule has 4 heterocycles. The standard InChI is InChI=1S/C27H36N6O2S.C9H11N3O3.CH4/c1-6-18-12-20(14-29-25(18)28)30-26(34)27(35)33-15-16(2)7-9-22(33)19-8-10-23-21(13-19)31-24(36-23)11-17(3)32(4)5;1-2-5-3-6(4-11-7(5)10)12-8(13)9(14)15;/h8,10,12-14,16-17,22H,6-7,9,11,15H2,1-5H3,(H2,28,29)(H,30,34);3-4H,2H2,1H3,(H2,10,11)(H,12,13)(H,14,15);1H4/t16-,17+,22+;;/m0../s1. The summed E-state index contributed by atoms with van der Waals surface area (Å²) in [6.45, 7) is 8.70. The van der Waals surface area contributed by atoms with E-state index in [-0.39, 0.29) is 13.5 Å². The highest BCUT2D eigenvalue weighted by molar-refractivity contribution is 7.18. The molecule has 3 atom stereocenters. The molecule has 5 rings (SSSR count). The number of piperidine rings is 1. The zero-order valence-corrected chi connectivity index (χ0v) is 30.7. The Hall–Kier alpha value is -5.15. The van der Waals surface area contributed by atoms with Crippen molar-refractivity contribution in [1.82, 2.24) is 24.8 Å². The van der Waals surface area contributed by atoms with Gasteiger partial charge in [-0.2, -0.15) is 0 Å². The van der Waals surface area contributed by atoms with Gasteiger partial charge in [0, 0.05) is 19.0 Å². The van der Waals surface area contributed by atoms with E-state index in [4.69, 9.17) is 21.6 Å². The molecule has 4 aromatic rings. The molecule has 1 aromatic carbocycles. The normalized spacial score (nSPS) is 15.9. The number of nitrogens with zero attached hydrogens (tertiary/aromatic N) is 5. The Bertz CT molecular complexity index is 1900. The number of nitrogens with two attached hydrogens (primary N) is 2. The first-order chi connectivity index (χ1) is 24.2. The van der Waals surface area contributed by atoms with Crippen LogP contribution < -0.4 is 22.1 Å². The molecule has 7 N–H and O–H groups in total. The van der Waals surface area contributed by atoms with E-state index in [0.717, 1.165) is 51.2 Å². The van der Waals surface area contributed by atoms with Crippen LogP contribution in [-0.4, -0.2) is 80.2 Å². The summed E-state index contributed by atoms with van der Waals surface area (Å²) in [5.74, 6) is -2.68. The monoisotopic (exact) mass is 733 g/mol. The Kier molecular flexibility index (Phi) is 14.6. The molecular formula is C37H51N9O5S. The largest absolute Gasteiger partial charge is 0.474 e. The zero-order chi connectivity index (χ0) is 37.4. The van der Waals surface area contributed by atoms with Crippen molar-refractivity contribution in [2.45, 2.75) is 79.3 Å². The summed E-state index contributed by atoms with van der Waals surface area (Å²) in [5.41, 5.74) is 15.8. The number of aliphatic carboxylic acids is 1. The Morgan fingerprint density at radius 1 is 0.962 bits per heavy atom. The summed E-state index contributed by atoms with van der Waals surface area (Å²) in [4.78, 5) is 64.2. The molecule has 0 unspecified atom stereocenters. The molecule has 3 amide bonds. The lowest BCUT2D eigenvalue weighted by Gasteiger charge is -2.38. The summed E-state index contributed by atoms with van der Waals surface area (Å²) in [7, 11) is 4.16. The minimum absolute atomic E-state index is 0. The maximum atomic E-state index is 13.4. The molecule has 1 aliphatic rings. The second-order valence-corrected chi connectivity index (χ2v) is 14.1. The maximum Gasteiger partial charge on any atom is 0.394 e. The van der Waals surface area contributed by atoms with Crippen molar-refractivity contribution in [1.29, 1.82) is 0 Å². The average molecular weight is 734 g/mol. The van der Waals surface area contributed by atoms with Crippen molar-refractivity contribution in [3.8, 4) is 0 Å². The summed E-state index contributed by atoms with van der Waals surface area (Å²) < 4.78 is 1.14. The summed E-state index contributed by atoms with van der Waals surface area (Å²) in [6.07, 6.45) is 6.86. The highest BCUT2D eigenvalue weighted by Gasteiger charge is 2.34. The van der Waals surface area contributed by atoms with Crippen LogP contribution >= 0.6 is 11.3 Å². The fourth-order valence-electron chi connectivity index (χ4n) is 5.69. The second-order valence-electron chi connectivity index (χ2n) is 13.0. The number of pyridine rings is 2. The van der Waals surface area contributed by atoms with E-state index in [9.17, 15) is 19.2 Å². The Balaban J connectivity index is 0.000000384. The van der Waals surface area contributed by atoms with Crippen molar-refractivity contribution < 1.29 is 24.3 Å². The number of anilines is 4. The molecule has 0 spiro atoms. The number of carbonyl (C=O) groups is 4. The smallest absolute Gasteiger partial charge is 0.394 e. The van der Waals surface area contributed by atoms with Gasteiger partial charge in [0.1, 0.15) is 11.6 Å². The van der Waals surface area contributed by atoms with E-state index in [1.807, 2.05) is 13.8 Å². The number of hydrogen-bond donors (Lipinski definition) is 5. The fourth-order valence-corrected chi connectivity index (χ4v) is 6.76. The minimum atomic E-state index is -1.54. The SMILES string of the molecule is C.CCc1cc(NC(=O)C(=O)N2C[C@@H](C)CC[C@@H]2c2ccc3sc(C[C@@H](C)N(C)C)nc3c2)cnc1N.CCc1cc(NC(=O)C(=O)O)cnc1N. The lowest BCUT2D eigenvalue weighted by molar-refractivity contribution is -0.147. The number of rotatable bonds is 8. The molecule has 1 saturated heterocycles. The van der Waals surface area contributed by atoms with Crippen LogP contribution in [0, 0.1) is 5.92 Å². The van der Waals surface area contributed by atoms with Gasteiger partial charge in [0.15, 0.2) is 0 Å². The van der Waals surface area contributed by atoms with E-state index >= 15 is 0 Å². The van der Waals surface area contributed by atoms with E-state index in [2.05, 4.69) is 71.6 Å². The van der Waals surface area contributed by atoms with E-state index < -0.39 is 23.7 Å². The van der Waals surface area contributed by atoms with E-state index in [1.165, 1.54) is 12.4 Å². The van der Waals surface area contributed by atoms with Gasteiger partial charge in [-0.25, -0.2) is 19.7 Å². The van der Waals surface area contributed by atoms with Crippen molar-refractivity contribution in [2.24, 2.45) is 5.92 Å². The third-order valence-electron chi connectivity index (χ3n) is 8.94. The van der Waals surface area contributed by atoms with Crippen LogP contribution in [0.4, 0.5) is 23.0 Å². The number of amides is 3. The number of carboxylic acid groups (broad SMARTS) is 1. The lowest BCUT2D eigenvalue weighted by atomic mass is 9.89.